The van der Waals surface area contributed by atoms with Crippen LogP contribution < -0.4 is 4.72 Å². The molecule has 26 heavy (non-hydrogen) atoms. The highest BCUT2D eigenvalue weighted by molar-refractivity contribution is 7.92. The van der Waals surface area contributed by atoms with Gasteiger partial charge in [0.2, 0.25) is 20.0 Å². The van der Waals surface area contributed by atoms with Gasteiger partial charge in [0, 0.05) is 19.8 Å². The second-order valence-corrected chi connectivity index (χ2v) is 9.79. The van der Waals surface area contributed by atoms with Crippen LogP contribution >= 0.6 is 0 Å². The number of hydrogen-bond donors (Lipinski definition) is 1. The molecule has 2 rings (SSSR count). The number of aryl methyl sites for hydroxylation is 1. The van der Waals surface area contributed by atoms with E-state index in [2.05, 4.69) is 4.72 Å². The van der Waals surface area contributed by atoms with E-state index in [1.54, 1.807) is 12.1 Å². The number of hydrogen-bond acceptors (Lipinski definition) is 5. The van der Waals surface area contributed by atoms with Gasteiger partial charge in [-0.2, -0.15) is 5.26 Å². The Morgan fingerprint density at radius 2 is 1.54 bits per heavy atom. The van der Waals surface area contributed by atoms with Crippen LogP contribution in [0.3, 0.4) is 0 Å². The standard InChI is InChI=1S/C17H19N3O4S2/c1-20(2)26(23,24)17-9-5-14(6-10-17)11-12-25(21,22)19-16-7-3-15(13-18)4-8-16/h3-10,19H,11-12H2,1-2H3. The van der Waals surface area contributed by atoms with Crippen molar-refractivity contribution >= 4 is 25.7 Å². The topological polar surface area (TPSA) is 107 Å². The summed E-state index contributed by atoms with van der Waals surface area (Å²) in [7, 11) is -4.17. The summed E-state index contributed by atoms with van der Waals surface area (Å²) in [6.07, 6.45) is 0.244. The lowest BCUT2D eigenvalue weighted by atomic mass is 10.2. The van der Waals surface area contributed by atoms with E-state index in [1.165, 1.54) is 50.5 Å². The zero-order valence-corrected chi connectivity index (χ0v) is 16.0. The first-order chi connectivity index (χ1) is 12.1. The van der Waals surface area contributed by atoms with Gasteiger partial charge in [-0.1, -0.05) is 12.1 Å². The van der Waals surface area contributed by atoms with Gasteiger partial charge in [-0.15, -0.1) is 0 Å². The van der Waals surface area contributed by atoms with Crippen molar-refractivity contribution in [3.05, 3.63) is 59.7 Å². The summed E-state index contributed by atoms with van der Waals surface area (Å²) >= 11 is 0. The monoisotopic (exact) mass is 393 g/mol. The molecule has 0 unspecified atom stereocenters. The molecule has 1 N–H and O–H groups in total. The molecule has 0 heterocycles. The Bertz CT molecular complexity index is 1010. The molecule has 0 aliphatic rings. The second-order valence-electron chi connectivity index (χ2n) is 5.79. The first kappa shape index (κ1) is 19.9. The third-order valence-electron chi connectivity index (χ3n) is 3.65. The highest BCUT2D eigenvalue weighted by Gasteiger charge is 2.17. The minimum Gasteiger partial charge on any atom is -0.284 e. The molecule has 0 aromatic heterocycles. The van der Waals surface area contributed by atoms with Crippen molar-refractivity contribution in [3.63, 3.8) is 0 Å². The summed E-state index contributed by atoms with van der Waals surface area (Å²) in [6, 6.07) is 14.2. The van der Waals surface area contributed by atoms with Crippen LogP contribution in [0.4, 0.5) is 5.69 Å². The molecule has 0 bridgehead atoms. The Balaban J connectivity index is 2.02. The molecule has 0 spiro atoms. The summed E-state index contributed by atoms with van der Waals surface area (Å²) in [5, 5.41) is 8.74. The van der Waals surface area contributed by atoms with E-state index in [0.29, 0.717) is 16.8 Å². The molecule has 0 radical (unpaired) electrons. The van der Waals surface area contributed by atoms with Gasteiger partial charge in [-0.3, -0.25) is 4.72 Å². The third kappa shape index (κ3) is 5.05. The lowest BCUT2D eigenvalue weighted by Crippen LogP contribution is -2.22. The SMILES string of the molecule is CN(C)S(=O)(=O)c1ccc(CCS(=O)(=O)Nc2ccc(C#N)cc2)cc1. The van der Waals surface area contributed by atoms with E-state index in [1.807, 2.05) is 6.07 Å². The van der Waals surface area contributed by atoms with Crippen LogP contribution in [0.5, 0.6) is 0 Å². The van der Waals surface area contributed by atoms with Gasteiger partial charge in [0.15, 0.2) is 0 Å². The first-order valence-corrected chi connectivity index (χ1v) is 10.8. The quantitative estimate of drug-likeness (QED) is 0.772. The molecule has 138 valence electrons. The lowest BCUT2D eigenvalue weighted by Gasteiger charge is -2.12. The fourth-order valence-electron chi connectivity index (χ4n) is 2.13. The second kappa shape index (κ2) is 7.86. The number of sulfonamides is 2. The van der Waals surface area contributed by atoms with Crippen LogP contribution in [0.25, 0.3) is 0 Å². The Morgan fingerprint density at radius 1 is 0.962 bits per heavy atom. The predicted molar refractivity (Wildman–Crippen MR) is 99.6 cm³/mol. The normalized spacial score (nSPS) is 11.9. The maximum Gasteiger partial charge on any atom is 0.242 e. The van der Waals surface area contributed by atoms with Crippen LogP contribution in [0.1, 0.15) is 11.1 Å². The van der Waals surface area contributed by atoms with Gasteiger partial charge in [-0.05, 0) is 48.4 Å². The lowest BCUT2D eigenvalue weighted by molar-refractivity contribution is 0.520. The summed E-state index contributed by atoms with van der Waals surface area (Å²) in [5.41, 5.74) is 1.55. The van der Waals surface area contributed by atoms with Crippen molar-refractivity contribution < 1.29 is 16.8 Å². The highest BCUT2D eigenvalue weighted by Crippen LogP contribution is 2.15. The van der Waals surface area contributed by atoms with Crippen LogP contribution in [0.2, 0.25) is 0 Å². The van der Waals surface area contributed by atoms with Crippen LogP contribution in [0.15, 0.2) is 53.4 Å². The molecule has 0 amide bonds. The van der Waals surface area contributed by atoms with Crippen molar-refractivity contribution in [2.45, 2.75) is 11.3 Å². The predicted octanol–water partition coefficient (Wildman–Crippen LogP) is 1.79. The molecular weight excluding hydrogens is 374 g/mol. The number of nitriles is 1. The van der Waals surface area contributed by atoms with Crippen molar-refractivity contribution in [1.29, 1.82) is 5.26 Å². The summed E-state index contributed by atoms with van der Waals surface area (Å²) < 4.78 is 51.9. The van der Waals surface area contributed by atoms with E-state index in [-0.39, 0.29) is 17.1 Å². The molecule has 0 aliphatic carbocycles. The average Bonchev–Trinajstić information content (AvgIpc) is 2.60. The Labute approximate surface area is 154 Å². The summed E-state index contributed by atoms with van der Waals surface area (Å²) in [5.74, 6) is -0.146. The van der Waals surface area contributed by atoms with Gasteiger partial charge >= 0.3 is 0 Å². The molecule has 0 fully saturated rings. The Kier molecular flexibility index (Phi) is 6.02. The molecule has 7 nitrogen and oxygen atoms in total. The van der Waals surface area contributed by atoms with E-state index in [4.69, 9.17) is 5.26 Å². The minimum absolute atomic E-state index is 0.146. The largest absolute Gasteiger partial charge is 0.284 e. The van der Waals surface area contributed by atoms with Gasteiger partial charge in [0.1, 0.15) is 0 Å². The van der Waals surface area contributed by atoms with E-state index in [9.17, 15) is 16.8 Å². The van der Waals surface area contributed by atoms with Gasteiger partial charge < -0.3 is 0 Å². The molecule has 2 aromatic rings. The number of rotatable bonds is 7. The van der Waals surface area contributed by atoms with E-state index >= 15 is 0 Å². The van der Waals surface area contributed by atoms with Crippen molar-refractivity contribution in [2.24, 2.45) is 0 Å². The smallest absolute Gasteiger partial charge is 0.242 e. The summed E-state index contributed by atoms with van der Waals surface area (Å²) in [6.45, 7) is 0. The number of nitrogens with one attached hydrogen (secondary N) is 1. The molecule has 0 atom stereocenters. The Morgan fingerprint density at radius 3 is 2.04 bits per heavy atom. The van der Waals surface area contributed by atoms with Crippen LogP contribution in [-0.2, 0) is 26.5 Å². The maximum atomic E-state index is 12.2. The molecular formula is C17H19N3O4S2. The van der Waals surface area contributed by atoms with Crippen molar-refractivity contribution in [1.82, 2.24) is 4.31 Å². The van der Waals surface area contributed by atoms with Crippen LogP contribution in [-0.4, -0.2) is 41.0 Å². The van der Waals surface area contributed by atoms with Crippen LogP contribution in [0, 0.1) is 11.3 Å². The van der Waals surface area contributed by atoms with Crippen molar-refractivity contribution in [3.8, 4) is 6.07 Å². The average molecular weight is 393 g/mol. The highest BCUT2D eigenvalue weighted by atomic mass is 32.2. The number of anilines is 1. The zero-order chi connectivity index (χ0) is 19.4. The molecule has 2 aromatic carbocycles. The molecule has 0 saturated heterocycles. The van der Waals surface area contributed by atoms with E-state index in [0.717, 1.165) is 4.31 Å². The van der Waals surface area contributed by atoms with Crippen molar-refractivity contribution in [2.75, 3.05) is 24.6 Å². The maximum absolute atomic E-state index is 12.2. The first-order valence-electron chi connectivity index (χ1n) is 7.66. The van der Waals surface area contributed by atoms with Gasteiger partial charge in [0.25, 0.3) is 0 Å². The van der Waals surface area contributed by atoms with Gasteiger partial charge in [-0.25, -0.2) is 21.1 Å². The molecule has 0 aliphatic heterocycles. The number of benzene rings is 2. The zero-order valence-electron chi connectivity index (χ0n) is 14.4. The Hall–Kier alpha value is -2.41. The number of nitrogens with zero attached hydrogens (tertiary/aromatic N) is 2. The molecule has 0 saturated carbocycles. The molecule has 9 heteroatoms. The van der Waals surface area contributed by atoms with E-state index < -0.39 is 20.0 Å². The van der Waals surface area contributed by atoms with Gasteiger partial charge in [0.05, 0.1) is 22.3 Å². The fourth-order valence-corrected chi connectivity index (χ4v) is 4.14. The third-order valence-corrected chi connectivity index (χ3v) is 6.77. The fraction of sp³-hybridized carbons (Fsp3) is 0.235. The summed E-state index contributed by atoms with van der Waals surface area (Å²) in [4.78, 5) is 0.157. The minimum atomic E-state index is -3.56.